The molecule has 2 rings (SSSR count). The molecule has 0 bridgehead atoms. The molecule has 0 unspecified atom stereocenters. The van der Waals surface area contributed by atoms with E-state index in [0.717, 1.165) is 23.9 Å². The summed E-state index contributed by atoms with van der Waals surface area (Å²) in [4.78, 5) is 3.15. The maximum absolute atomic E-state index is 9.86. The van der Waals surface area contributed by atoms with E-state index in [-0.39, 0.29) is 18.4 Å². The van der Waals surface area contributed by atoms with Crippen LogP contribution in [0.25, 0.3) is 10.9 Å². The van der Waals surface area contributed by atoms with Gasteiger partial charge in [-0.05, 0) is 29.5 Å². The molecule has 4 N–H and O–H groups in total. The van der Waals surface area contributed by atoms with Gasteiger partial charge in [0.2, 0.25) is 0 Å². The summed E-state index contributed by atoms with van der Waals surface area (Å²) in [7, 11) is 0. The summed E-state index contributed by atoms with van der Waals surface area (Å²) in [6.07, 6.45) is 3.13. The number of H-pyrrole nitrogens is 1. The number of benzene rings is 1. The topological polar surface area (TPSA) is 62.0 Å². The standard InChI is InChI=1S/C13H18N2O.ClH/c1-2-3-12(16)13(14)10-5-4-9-6-7-15-11(9)8-10;/h4-8,12-13,15-16H,2-3,14H2,1H3;1H/t12-,13+;/m1./s1. The zero-order valence-electron chi connectivity index (χ0n) is 9.89. The van der Waals surface area contributed by atoms with Crippen molar-refractivity contribution in [3.63, 3.8) is 0 Å². The van der Waals surface area contributed by atoms with Gasteiger partial charge in [0.15, 0.2) is 0 Å². The molecule has 1 aromatic carbocycles. The van der Waals surface area contributed by atoms with Crippen molar-refractivity contribution in [2.45, 2.75) is 31.9 Å². The second kappa shape index (κ2) is 6.05. The normalized spacial score (nSPS) is 14.3. The molecule has 4 heteroatoms. The molecule has 0 spiro atoms. The molecule has 0 saturated carbocycles. The number of nitrogens with one attached hydrogen (secondary N) is 1. The quantitative estimate of drug-likeness (QED) is 0.786. The fraction of sp³-hybridized carbons (Fsp3) is 0.385. The van der Waals surface area contributed by atoms with Gasteiger partial charge in [-0.1, -0.05) is 25.5 Å². The molecule has 1 aromatic heterocycles. The molecule has 0 aliphatic carbocycles. The Labute approximate surface area is 107 Å². The summed E-state index contributed by atoms with van der Waals surface area (Å²) in [5.41, 5.74) is 8.07. The van der Waals surface area contributed by atoms with Crippen molar-refractivity contribution in [2.75, 3.05) is 0 Å². The van der Waals surface area contributed by atoms with Crippen molar-refractivity contribution in [2.24, 2.45) is 5.73 Å². The third-order valence-electron chi connectivity index (χ3n) is 2.96. The molecule has 0 fully saturated rings. The highest BCUT2D eigenvalue weighted by molar-refractivity contribution is 5.85. The third kappa shape index (κ3) is 3.00. The van der Waals surface area contributed by atoms with E-state index in [4.69, 9.17) is 5.73 Å². The number of hydrogen-bond donors (Lipinski definition) is 3. The third-order valence-corrected chi connectivity index (χ3v) is 2.96. The Hall–Kier alpha value is -1.03. The van der Waals surface area contributed by atoms with Gasteiger partial charge in [0, 0.05) is 11.7 Å². The summed E-state index contributed by atoms with van der Waals surface area (Å²) in [5.74, 6) is 0. The summed E-state index contributed by atoms with van der Waals surface area (Å²) >= 11 is 0. The molecular formula is C13H19ClN2O. The largest absolute Gasteiger partial charge is 0.391 e. The molecule has 0 saturated heterocycles. The van der Waals surface area contributed by atoms with Gasteiger partial charge in [0.1, 0.15) is 0 Å². The van der Waals surface area contributed by atoms with Gasteiger partial charge in [0.05, 0.1) is 12.1 Å². The maximum atomic E-state index is 9.86. The van der Waals surface area contributed by atoms with E-state index in [1.54, 1.807) is 0 Å². The van der Waals surface area contributed by atoms with Gasteiger partial charge in [-0.25, -0.2) is 0 Å². The van der Waals surface area contributed by atoms with Gasteiger partial charge in [-0.15, -0.1) is 12.4 Å². The monoisotopic (exact) mass is 254 g/mol. The van der Waals surface area contributed by atoms with Crippen molar-refractivity contribution in [3.8, 4) is 0 Å². The van der Waals surface area contributed by atoms with Crippen LogP contribution in [-0.4, -0.2) is 16.2 Å². The van der Waals surface area contributed by atoms with Crippen LogP contribution in [0.15, 0.2) is 30.5 Å². The van der Waals surface area contributed by atoms with Crippen LogP contribution in [0, 0.1) is 0 Å². The molecule has 0 radical (unpaired) electrons. The lowest BCUT2D eigenvalue weighted by atomic mass is 9.98. The van der Waals surface area contributed by atoms with Crippen molar-refractivity contribution >= 4 is 23.3 Å². The number of nitrogens with two attached hydrogens (primary N) is 1. The van der Waals surface area contributed by atoms with Crippen LogP contribution in [0.1, 0.15) is 31.4 Å². The second-order valence-electron chi connectivity index (χ2n) is 4.21. The first kappa shape index (κ1) is 14.0. The minimum Gasteiger partial charge on any atom is -0.391 e. The molecule has 3 nitrogen and oxygen atoms in total. The number of halogens is 1. The molecule has 17 heavy (non-hydrogen) atoms. The van der Waals surface area contributed by atoms with Crippen LogP contribution in [-0.2, 0) is 0 Å². The van der Waals surface area contributed by atoms with Crippen LogP contribution in [0.5, 0.6) is 0 Å². The molecule has 0 amide bonds. The van der Waals surface area contributed by atoms with E-state index in [2.05, 4.69) is 4.98 Å². The number of aliphatic hydroxyl groups is 1. The van der Waals surface area contributed by atoms with Crippen LogP contribution < -0.4 is 5.73 Å². The lowest BCUT2D eigenvalue weighted by molar-refractivity contribution is 0.134. The number of hydrogen-bond acceptors (Lipinski definition) is 2. The minimum absolute atomic E-state index is 0. The molecule has 2 atom stereocenters. The van der Waals surface area contributed by atoms with Gasteiger partial charge < -0.3 is 15.8 Å². The Morgan fingerprint density at radius 3 is 2.82 bits per heavy atom. The average molecular weight is 255 g/mol. The highest BCUT2D eigenvalue weighted by atomic mass is 35.5. The zero-order valence-corrected chi connectivity index (χ0v) is 10.7. The Bertz CT molecular complexity index is 469. The number of aliphatic hydroxyl groups excluding tert-OH is 1. The molecule has 94 valence electrons. The second-order valence-corrected chi connectivity index (χ2v) is 4.21. The van der Waals surface area contributed by atoms with Gasteiger partial charge in [-0.2, -0.15) is 0 Å². The lowest BCUT2D eigenvalue weighted by Gasteiger charge is -2.18. The van der Waals surface area contributed by atoms with Crippen LogP contribution in [0.2, 0.25) is 0 Å². The minimum atomic E-state index is -0.461. The van der Waals surface area contributed by atoms with E-state index in [1.807, 2.05) is 37.4 Å². The Kier molecular flexibility index (Phi) is 5.00. The summed E-state index contributed by atoms with van der Waals surface area (Å²) in [6, 6.07) is 7.75. The molecule has 0 aliphatic heterocycles. The molecule has 1 heterocycles. The molecular weight excluding hydrogens is 236 g/mol. The first-order chi connectivity index (χ1) is 7.72. The van der Waals surface area contributed by atoms with Gasteiger partial charge in [0.25, 0.3) is 0 Å². The van der Waals surface area contributed by atoms with Crippen molar-refractivity contribution in [1.29, 1.82) is 0 Å². The lowest BCUT2D eigenvalue weighted by Crippen LogP contribution is -2.25. The van der Waals surface area contributed by atoms with E-state index < -0.39 is 6.10 Å². The highest BCUT2D eigenvalue weighted by Crippen LogP contribution is 2.21. The fourth-order valence-electron chi connectivity index (χ4n) is 1.97. The van der Waals surface area contributed by atoms with E-state index >= 15 is 0 Å². The van der Waals surface area contributed by atoms with Crippen LogP contribution >= 0.6 is 12.4 Å². The predicted octanol–water partition coefficient (Wildman–Crippen LogP) is 2.75. The Balaban J connectivity index is 0.00000144. The number of aromatic nitrogens is 1. The Morgan fingerprint density at radius 2 is 2.12 bits per heavy atom. The smallest absolute Gasteiger partial charge is 0.0732 e. The van der Waals surface area contributed by atoms with Crippen LogP contribution in [0.3, 0.4) is 0 Å². The van der Waals surface area contributed by atoms with Crippen LogP contribution in [0.4, 0.5) is 0 Å². The maximum Gasteiger partial charge on any atom is 0.0732 e. The van der Waals surface area contributed by atoms with Gasteiger partial charge >= 0.3 is 0 Å². The Morgan fingerprint density at radius 1 is 1.35 bits per heavy atom. The molecule has 2 aromatic rings. The molecule has 0 aliphatic rings. The van der Waals surface area contributed by atoms with Crippen molar-refractivity contribution in [1.82, 2.24) is 4.98 Å². The average Bonchev–Trinajstić information content (AvgIpc) is 2.75. The highest BCUT2D eigenvalue weighted by Gasteiger charge is 2.16. The van der Waals surface area contributed by atoms with E-state index in [1.165, 1.54) is 5.39 Å². The van der Waals surface area contributed by atoms with Gasteiger partial charge in [-0.3, -0.25) is 0 Å². The van der Waals surface area contributed by atoms with Crippen molar-refractivity contribution < 1.29 is 5.11 Å². The number of aromatic amines is 1. The SMILES string of the molecule is CCC[C@@H](O)[C@@H](N)c1ccc2cc[nH]c2c1.Cl. The summed E-state index contributed by atoms with van der Waals surface area (Å²) < 4.78 is 0. The van der Waals surface area contributed by atoms with E-state index in [0.29, 0.717) is 0 Å². The number of rotatable bonds is 4. The van der Waals surface area contributed by atoms with Crippen molar-refractivity contribution in [3.05, 3.63) is 36.0 Å². The van der Waals surface area contributed by atoms with E-state index in [9.17, 15) is 5.11 Å². The number of fused-ring (bicyclic) bond motifs is 1. The fourth-order valence-corrected chi connectivity index (χ4v) is 1.97. The first-order valence-electron chi connectivity index (χ1n) is 5.73. The first-order valence-corrected chi connectivity index (χ1v) is 5.73. The zero-order chi connectivity index (χ0) is 11.5. The summed E-state index contributed by atoms with van der Waals surface area (Å²) in [5, 5.41) is 11.0. The predicted molar refractivity (Wildman–Crippen MR) is 73.4 cm³/mol. The summed E-state index contributed by atoms with van der Waals surface area (Å²) in [6.45, 7) is 2.05.